The van der Waals surface area contributed by atoms with Gasteiger partial charge in [0.25, 0.3) is 0 Å². The molecule has 4 nitrogen and oxygen atoms in total. The lowest BCUT2D eigenvalue weighted by molar-refractivity contribution is -0.135. The van der Waals surface area contributed by atoms with Crippen molar-refractivity contribution < 1.29 is 9.59 Å². The molecule has 0 bridgehead atoms. The summed E-state index contributed by atoms with van der Waals surface area (Å²) in [6.07, 6.45) is 1.93. The van der Waals surface area contributed by atoms with Crippen LogP contribution in [-0.4, -0.2) is 42.7 Å². The number of halogens is 1. The lowest BCUT2D eigenvalue weighted by atomic mass is 10.2. The number of alkyl halides is 1. The lowest BCUT2D eigenvalue weighted by Gasteiger charge is -2.20. The number of amides is 2. The normalized spacial score (nSPS) is 9.80. The molecule has 0 aromatic carbocycles. The van der Waals surface area contributed by atoms with Gasteiger partial charge in [-0.1, -0.05) is 6.92 Å². The summed E-state index contributed by atoms with van der Waals surface area (Å²) in [5.74, 6) is 0.342. The monoisotopic (exact) mass is 234 g/mol. The van der Waals surface area contributed by atoms with Gasteiger partial charge < -0.3 is 10.2 Å². The second-order valence-electron chi connectivity index (χ2n) is 3.28. The van der Waals surface area contributed by atoms with Crippen molar-refractivity contribution in [1.29, 1.82) is 0 Å². The van der Waals surface area contributed by atoms with Gasteiger partial charge in [0.1, 0.15) is 0 Å². The van der Waals surface area contributed by atoms with Crippen LogP contribution in [0.5, 0.6) is 0 Å². The van der Waals surface area contributed by atoms with E-state index in [1.807, 2.05) is 6.92 Å². The molecule has 0 aliphatic heterocycles. The zero-order valence-corrected chi connectivity index (χ0v) is 10.1. The minimum Gasteiger partial charge on any atom is -0.358 e. The number of hydrogen-bond donors (Lipinski definition) is 1. The molecule has 0 unspecified atom stereocenters. The van der Waals surface area contributed by atoms with Crippen LogP contribution in [0, 0.1) is 0 Å². The van der Waals surface area contributed by atoms with E-state index < -0.39 is 0 Å². The first-order chi connectivity index (χ1) is 7.15. The minimum atomic E-state index is -0.136. The highest BCUT2D eigenvalue weighted by Crippen LogP contribution is 2.00. The Kier molecular flexibility index (Phi) is 8.09. The fraction of sp³-hybridized carbons (Fsp3) is 0.800. The largest absolute Gasteiger partial charge is 0.358 e. The van der Waals surface area contributed by atoms with Crippen molar-refractivity contribution in [2.24, 2.45) is 0 Å². The van der Waals surface area contributed by atoms with Crippen LogP contribution in [0.4, 0.5) is 0 Å². The topological polar surface area (TPSA) is 49.4 Å². The van der Waals surface area contributed by atoms with Crippen LogP contribution in [0.3, 0.4) is 0 Å². The zero-order valence-electron chi connectivity index (χ0n) is 9.38. The Balaban J connectivity index is 4.11. The van der Waals surface area contributed by atoms with Gasteiger partial charge in [-0.05, 0) is 12.8 Å². The van der Waals surface area contributed by atoms with Crippen molar-refractivity contribution in [1.82, 2.24) is 10.2 Å². The standard InChI is InChI=1S/C10H19ClN2O2/c1-3-7-13(8-9(14)12-2)10(15)5-4-6-11/h3-8H2,1-2H3,(H,12,14). The predicted molar refractivity (Wildman–Crippen MR) is 60.9 cm³/mol. The summed E-state index contributed by atoms with van der Waals surface area (Å²) in [6, 6.07) is 0. The molecule has 1 N–H and O–H groups in total. The maximum Gasteiger partial charge on any atom is 0.239 e. The maximum absolute atomic E-state index is 11.6. The van der Waals surface area contributed by atoms with E-state index in [0.29, 0.717) is 25.3 Å². The van der Waals surface area contributed by atoms with Gasteiger partial charge in [-0.25, -0.2) is 0 Å². The van der Waals surface area contributed by atoms with Gasteiger partial charge in [0.15, 0.2) is 0 Å². The van der Waals surface area contributed by atoms with Crippen molar-refractivity contribution in [3.8, 4) is 0 Å². The van der Waals surface area contributed by atoms with E-state index in [1.54, 1.807) is 11.9 Å². The van der Waals surface area contributed by atoms with Gasteiger partial charge in [0.05, 0.1) is 6.54 Å². The molecule has 0 aromatic rings. The van der Waals surface area contributed by atoms with Crippen molar-refractivity contribution in [3.05, 3.63) is 0 Å². The van der Waals surface area contributed by atoms with E-state index >= 15 is 0 Å². The first-order valence-electron chi connectivity index (χ1n) is 5.20. The summed E-state index contributed by atoms with van der Waals surface area (Å²) in [6.45, 7) is 2.74. The number of likely N-dealkylation sites (N-methyl/N-ethyl adjacent to an activating group) is 1. The Morgan fingerprint density at radius 3 is 2.53 bits per heavy atom. The highest BCUT2D eigenvalue weighted by molar-refractivity contribution is 6.17. The number of hydrogen-bond acceptors (Lipinski definition) is 2. The number of carbonyl (C=O) groups is 2. The van der Waals surface area contributed by atoms with E-state index in [-0.39, 0.29) is 18.4 Å². The van der Waals surface area contributed by atoms with Crippen LogP contribution < -0.4 is 5.32 Å². The molecule has 0 aliphatic carbocycles. The summed E-state index contributed by atoms with van der Waals surface area (Å²) < 4.78 is 0. The van der Waals surface area contributed by atoms with Crippen LogP contribution in [0.1, 0.15) is 26.2 Å². The molecular formula is C10H19ClN2O2. The highest BCUT2D eigenvalue weighted by Gasteiger charge is 2.14. The molecule has 0 rings (SSSR count). The van der Waals surface area contributed by atoms with Crippen LogP contribution in [0.25, 0.3) is 0 Å². The van der Waals surface area contributed by atoms with Crippen LogP contribution in [0.15, 0.2) is 0 Å². The van der Waals surface area contributed by atoms with Crippen molar-refractivity contribution in [2.45, 2.75) is 26.2 Å². The average Bonchev–Trinajstić information content (AvgIpc) is 2.24. The maximum atomic E-state index is 11.6. The van der Waals surface area contributed by atoms with Gasteiger partial charge >= 0.3 is 0 Å². The van der Waals surface area contributed by atoms with E-state index in [1.165, 1.54) is 0 Å². The smallest absolute Gasteiger partial charge is 0.239 e. The Bertz CT molecular complexity index is 210. The second kappa shape index (κ2) is 8.53. The molecule has 0 saturated heterocycles. The second-order valence-corrected chi connectivity index (χ2v) is 3.66. The molecule has 0 atom stereocenters. The third-order valence-electron chi connectivity index (χ3n) is 1.98. The summed E-state index contributed by atoms with van der Waals surface area (Å²) >= 11 is 5.51. The van der Waals surface area contributed by atoms with E-state index in [0.717, 1.165) is 6.42 Å². The predicted octanol–water partition coefficient (Wildman–Crippen LogP) is 0.990. The Labute approximate surface area is 96.0 Å². The molecule has 0 spiro atoms. The number of nitrogens with one attached hydrogen (secondary N) is 1. The van der Waals surface area contributed by atoms with Gasteiger partial charge in [-0.3, -0.25) is 9.59 Å². The first-order valence-corrected chi connectivity index (χ1v) is 5.73. The molecule has 0 aromatic heterocycles. The van der Waals surface area contributed by atoms with Crippen LogP contribution >= 0.6 is 11.6 Å². The quantitative estimate of drug-likeness (QED) is 0.668. The molecule has 2 amide bonds. The fourth-order valence-corrected chi connectivity index (χ4v) is 1.32. The van der Waals surface area contributed by atoms with Gasteiger partial charge in [-0.15, -0.1) is 11.6 Å². The van der Waals surface area contributed by atoms with Crippen LogP contribution in [0.2, 0.25) is 0 Å². The molecule has 88 valence electrons. The summed E-state index contributed by atoms with van der Waals surface area (Å²) in [4.78, 5) is 24.3. The molecule has 0 heterocycles. The van der Waals surface area contributed by atoms with E-state index in [2.05, 4.69) is 5.32 Å². The lowest BCUT2D eigenvalue weighted by Crippen LogP contribution is -2.40. The Morgan fingerprint density at radius 2 is 2.07 bits per heavy atom. The van der Waals surface area contributed by atoms with Crippen LogP contribution in [-0.2, 0) is 9.59 Å². The molecule has 0 radical (unpaired) electrons. The van der Waals surface area contributed by atoms with Crippen molar-refractivity contribution in [3.63, 3.8) is 0 Å². The molecular weight excluding hydrogens is 216 g/mol. The summed E-state index contributed by atoms with van der Waals surface area (Å²) in [7, 11) is 1.57. The SMILES string of the molecule is CCCN(CC(=O)NC)C(=O)CCCCl. The van der Waals surface area contributed by atoms with Crippen molar-refractivity contribution in [2.75, 3.05) is 26.0 Å². The molecule has 0 fully saturated rings. The van der Waals surface area contributed by atoms with E-state index in [4.69, 9.17) is 11.6 Å². The number of carbonyl (C=O) groups excluding carboxylic acids is 2. The fourth-order valence-electron chi connectivity index (χ4n) is 1.19. The highest BCUT2D eigenvalue weighted by atomic mass is 35.5. The minimum absolute atomic E-state index is 0.00102. The summed E-state index contributed by atoms with van der Waals surface area (Å²) in [5.41, 5.74) is 0. The van der Waals surface area contributed by atoms with Gasteiger partial charge in [-0.2, -0.15) is 0 Å². The molecule has 0 aliphatic rings. The molecule has 5 heteroatoms. The third-order valence-corrected chi connectivity index (χ3v) is 2.25. The van der Waals surface area contributed by atoms with Gasteiger partial charge in [0.2, 0.25) is 11.8 Å². The zero-order chi connectivity index (χ0) is 11.7. The Hall–Kier alpha value is -0.770. The average molecular weight is 235 g/mol. The van der Waals surface area contributed by atoms with Crippen molar-refractivity contribution >= 4 is 23.4 Å². The van der Waals surface area contributed by atoms with Gasteiger partial charge in [0, 0.05) is 25.9 Å². The first kappa shape index (κ1) is 14.2. The number of nitrogens with zero attached hydrogens (tertiary/aromatic N) is 1. The molecule has 15 heavy (non-hydrogen) atoms. The molecule has 0 saturated carbocycles. The Morgan fingerprint density at radius 1 is 1.40 bits per heavy atom. The van der Waals surface area contributed by atoms with E-state index in [9.17, 15) is 9.59 Å². The third kappa shape index (κ3) is 6.33. The number of rotatable bonds is 7. The summed E-state index contributed by atoms with van der Waals surface area (Å²) in [5, 5.41) is 2.51.